The summed E-state index contributed by atoms with van der Waals surface area (Å²) in [6, 6.07) is 6.63. The summed E-state index contributed by atoms with van der Waals surface area (Å²) in [7, 11) is 0. The number of aromatic hydroxyl groups is 1. The van der Waals surface area contributed by atoms with E-state index in [-0.39, 0.29) is 17.6 Å². The van der Waals surface area contributed by atoms with Crippen molar-refractivity contribution < 1.29 is 14.4 Å². The van der Waals surface area contributed by atoms with Crippen LogP contribution in [0.4, 0.5) is 0 Å². The van der Waals surface area contributed by atoms with Crippen LogP contribution >= 0.6 is 0 Å². The second-order valence-corrected chi connectivity index (χ2v) is 5.51. The van der Waals surface area contributed by atoms with E-state index < -0.39 is 0 Å². The Morgan fingerprint density at radius 1 is 1.45 bits per heavy atom. The largest absolute Gasteiger partial charge is 0.507 e. The topological polar surface area (TPSA) is 79.5 Å². The lowest BCUT2D eigenvalue weighted by Crippen LogP contribution is -2.39. The second kappa shape index (κ2) is 6.17. The number of carbonyl (C=O) groups is 1. The summed E-state index contributed by atoms with van der Waals surface area (Å²) in [5, 5.41) is 13.9. The third-order valence-electron chi connectivity index (χ3n) is 3.99. The van der Waals surface area contributed by atoms with Crippen LogP contribution in [0.1, 0.15) is 47.8 Å². The summed E-state index contributed by atoms with van der Waals surface area (Å²) in [6.45, 7) is 3.20. The first-order chi connectivity index (χ1) is 10.7. The van der Waals surface area contributed by atoms with Gasteiger partial charge >= 0.3 is 0 Å². The Kier molecular flexibility index (Phi) is 4.09. The Hall–Kier alpha value is -2.37. The number of aromatic nitrogens is 2. The van der Waals surface area contributed by atoms with Gasteiger partial charge in [0, 0.05) is 25.4 Å². The molecule has 0 aliphatic carbocycles. The van der Waals surface area contributed by atoms with E-state index in [0.29, 0.717) is 36.8 Å². The van der Waals surface area contributed by atoms with E-state index in [9.17, 15) is 9.90 Å². The van der Waals surface area contributed by atoms with Gasteiger partial charge in [0.25, 0.3) is 5.91 Å². The quantitative estimate of drug-likeness (QED) is 0.941. The normalized spacial score (nSPS) is 18.4. The maximum absolute atomic E-state index is 12.6. The fourth-order valence-electron chi connectivity index (χ4n) is 2.77. The molecule has 116 valence electrons. The van der Waals surface area contributed by atoms with Crippen molar-refractivity contribution in [2.45, 2.75) is 32.1 Å². The molecule has 1 amide bonds. The summed E-state index contributed by atoms with van der Waals surface area (Å²) in [5.74, 6) is 1.25. The molecule has 1 atom stereocenters. The summed E-state index contributed by atoms with van der Waals surface area (Å²) in [6.07, 6.45) is 2.54. The van der Waals surface area contributed by atoms with Crippen LogP contribution < -0.4 is 0 Å². The van der Waals surface area contributed by atoms with Gasteiger partial charge in [-0.3, -0.25) is 4.79 Å². The Balaban J connectivity index is 1.75. The van der Waals surface area contributed by atoms with Crippen molar-refractivity contribution in [1.82, 2.24) is 15.0 Å². The Labute approximate surface area is 128 Å². The highest BCUT2D eigenvalue weighted by Crippen LogP contribution is 2.27. The zero-order valence-corrected chi connectivity index (χ0v) is 12.5. The number of piperidine rings is 1. The van der Waals surface area contributed by atoms with Crippen LogP contribution in [-0.2, 0) is 6.42 Å². The predicted octanol–water partition coefficient (Wildman–Crippen LogP) is 2.36. The minimum Gasteiger partial charge on any atom is -0.507 e. The van der Waals surface area contributed by atoms with Gasteiger partial charge in [0.05, 0.1) is 5.56 Å². The number of phenolic OH excluding ortho intramolecular Hbond substituents is 1. The molecule has 1 aromatic heterocycles. The number of hydrogen-bond donors (Lipinski definition) is 1. The Morgan fingerprint density at radius 2 is 2.27 bits per heavy atom. The number of likely N-dealkylation sites (tertiary alicyclic amines) is 1. The molecule has 2 heterocycles. The molecule has 0 unspecified atom stereocenters. The number of phenols is 1. The van der Waals surface area contributed by atoms with Gasteiger partial charge in [-0.15, -0.1) is 0 Å². The number of rotatable bonds is 3. The molecule has 0 saturated carbocycles. The van der Waals surface area contributed by atoms with Gasteiger partial charge in [0.1, 0.15) is 5.75 Å². The first-order valence-electron chi connectivity index (χ1n) is 7.58. The highest BCUT2D eigenvalue weighted by molar-refractivity contribution is 5.96. The molecular formula is C16H19N3O3. The lowest BCUT2D eigenvalue weighted by Gasteiger charge is -2.31. The highest BCUT2D eigenvalue weighted by atomic mass is 16.5. The fourth-order valence-corrected chi connectivity index (χ4v) is 2.77. The monoisotopic (exact) mass is 301 g/mol. The van der Waals surface area contributed by atoms with Crippen molar-refractivity contribution in [2.75, 3.05) is 13.1 Å². The van der Waals surface area contributed by atoms with Crippen LogP contribution in [0.3, 0.4) is 0 Å². The molecule has 22 heavy (non-hydrogen) atoms. The van der Waals surface area contributed by atoms with E-state index in [1.807, 2.05) is 6.92 Å². The van der Waals surface area contributed by atoms with Gasteiger partial charge in [-0.25, -0.2) is 0 Å². The molecule has 1 aliphatic heterocycles. The molecule has 1 aliphatic rings. The maximum atomic E-state index is 12.6. The molecule has 0 radical (unpaired) electrons. The predicted molar refractivity (Wildman–Crippen MR) is 79.7 cm³/mol. The third kappa shape index (κ3) is 2.81. The van der Waals surface area contributed by atoms with Crippen LogP contribution in [0.2, 0.25) is 0 Å². The molecule has 1 saturated heterocycles. The standard InChI is InChI=1S/C16H19N3O3/c1-2-14-17-15(18-22-14)11-6-5-9-19(10-11)16(21)12-7-3-4-8-13(12)20/h3-4,7-8,11,20H,2,5-6,9-10H2,1H3/t11-/m1/s1. The van der Waals surface area contributed by atoms with E-state index >= 15 is 0 Å². The minimum absolute atomic E-state index is 0.0162. The van der Waals surface area contributed by atoms with Gasteiger partial charge in [0.15, 0.2) is 5.82 Å². The van der Waals surface area contributed by atoms with Gasteiger partial charge < -0.3 is 14.5 Å². The van der Waals surface area contributed by atoms with Crippen LogP contribution in [0.5, 0.6) is 5.75 Å². The van der Waals surface area contributed by atoms with Crippen molar-refractivity contribution in [3.05, 3.63) is 41.5 Å². The fraction of sp³-hybridized carbons (Fsp3) is 0.438. The van der Waals surface area contributed by atoms with Crippen molar-refractivity contribution in [2.24, 2.45) is 0 Å². The van der Waals surface area contributed by atoms with Crippen molar-refractivity contribution >= 4 is 5.91 Å². The van der Waals surface area contributed by atoms with Crippen molar-refractivity contribution in [3.63, 3.8) is 0 Å². The zero-order chi connectivity index (χ0) is 15.5. The molecule has 0 bridgehead atoms. The molecule has 1 aromatic carbocycles. The smallest absolute Gasteiger partial charge is 0.257 e. The van der Waals surface area contributed by atoms with Gasteiger partial charge in [-0.2, -0.15) is 4.98 Å². The summed E-state index contributed by atoms with van der Waals surface area (Å²) < 4.78 is 5.16. The average Bonchev–Trinajstić information content (AvgIpc) is 3.04. The van der Waals surface area contributed by atoms with E-state index in [0.717, 1.165) is 12.8 Å². The summed E-state index contributed by atoms with van der Waals surface area (Å²) in [4.78, 5) is 18.7. The first-order valence-corrected chi connectivity index (χ1v) is 7.58. The molecule has 6 heteroatoms. The van der Waals surface area contributed by atoms with Gasteiger partial charge in [-0.05, 0) is 25.0 Å². The Bertz CT molecular complexity index is 668. The van der Waals surface area contributed by atoms with E-state index in [2.05, 4.69) is 10.1 Å². The number of benzene rings is 1. The zero-order valence-electron chi connectivity index (χ0n) is 12.5. The highest BCUT2D eigenvalue weighted by Gasteiger charge is 2.29. The number of para-hydroxylation sites is 1. The average molecular weight is 301 g/mol. The van der Waals surface area contributed by atoms with Crippen LogP contribution in [0.25, 0.3) is 0 Å². The molecule has 1 fully saturated rings. The molecule has 0 spiro atoms. The first kappa shape index (κ1) is 14.6. The Morgan fingerprint density at radius 3 is 3.00 bits per heavy atom. The second-order valence-electron chi connectivity index (χ2n) is 5.51. The van der Waals surface area contributed by atoms with Crippen LogP contribution in [0.15, 0.2) is 28.8 Å². The van der Waals surface area contributed by atoms with E-state index in [1.54, 1.807) is 23.1 Å². The number of amides is 1. The lowest BCUT2D eigenvalue weighted by molar-refractivity contribution is 0.0700. The third-order valence-corrected chi connectivity index (χ3v) is 3.99. The van der Waals surface area contributed by atoms with E-state index in [1.165, 1.54) is 6.07 Å². The van der Waals surface area contributed by atoms with Crippen LogP contribution in [0, 0.1) is 0 Å². The number of nitrogens with zero attached hydrogens (tertiary/aromatic N) is 3. The van der Waals surface area contributed by atoms with Crippen molar-refractivity contribution in [3.8, 4) is 5.75 Å². The number of aryl methyl sites for hydroxylation is 1. The number of hydrogen-bond acceptors (Lipinski definition) is 5. The van der Waals surface area contributed by atoms with Crippen LogP contribution in [-0.4, -0.2) is 39.1 Å². The minimum atomic E-state index is -0.151. The lowest BCUT2D eigenvalue weighted by atomic mass is 9.96. The molecule has 6 nitrogen and oxygen atoms in total. The van der Waals surface area contributed by atoms with Crippen molar-refractivity contribution in [1.29, 1.82) is 0 Å². The van der Waals surface area contributed by atoms with Gasteiger partial charge in [0.2, 0.25) is 5.89 Å². The summed E-state index contributed by atoms with van der Waals surface area (Å²) >= 11 is 0. The number of carbonyl (C=O) groups excluding carboxylic acids is 1. The summed E-state index contributed by atoms with van der Waals surface area (Å²) in [5.41, 5.74) is 0.338. The molecule has 1 N–H and O–H groups in total. The molecule has 2 aromatic rings. The molecule has 3 rings (SSSR count). The molecular weight excluding hydrogens is 282 g/mol. The maximum Gasteiger partial charge on any atom is 0.257 e. The SMILES string of the molecule is CCc1nc([C@@H]2CCCN(C(=O)c3ccccc3O)C2)no1. The van der Waals surface area contributed by atoms with Gasteiger partial charge in [-0.1, -0.05) is 24.2 Å². The van der Waals surface area contributed by atoms with E-state index in [4.69, 9.17) is 4.52 Å².